The van der Waals surface area contributed by atoms with Gasteiger partial charge in [0.15, 0.2) is 0 Å². The number of fused-ring (bicyclic) bond motifs is 3. The Balaban J connectivity index is 1.39. The van der Waals surface area contributed by atoms with Gasteiger partial charge in [-0.05, 0) is 93.0 Å². The smallest absolute Gasteiger partial charge is 0.306 e. The molecule has 2 unspecified atom stereocenters. The number of ether oxygens (including phenoxy) is 2. The highest BCUT2D eigenvalue weighted by Gasteiger charge is 2.36. The van der Waals surface area contributed by atoms with Gasteiger partial charge in [0.05, 0.1) is 18.5 Å². The zero-order valence-corrected chi connectivity index (χ0v) is 25.0. The number of benzene rings is 3. The van der Waals surface area contributed by atoms with Crippen LogP contribution in [0.1, 0.15) is 84.5 Å². The maximum absolute atomic E-state index is 12.9. The summed E-state index contributed by atoms with van der Waals surface area (Å²) in [5, 5.41) is 8.65. The van der Waals surface area contributed by atoms with E-state index in [9.17, 15) is 4.79 Å². The van der Waals surface area contributed by atoms with Crippen molar-refractivity contribution in [2.45, 2.75) is 78.0 Å². The zero-order valence-electron chi connectivity index (χ0n) is 25.0. The SMILES string of the molecule is CCOC(=O)CC(c1ccc2c(c1)C(N1Cc3ccc(C)cc3OC(C)(C)C1)CC2)c1ccc2c(nnn2C)c1C. The molecule has 0 saturated heterocycles. The van der Waals surface area contributed by atoms with E-state index in [4.69, 9.17) is 9.47 Å². The van der Waals surface area contributed by atoms with E-state index < -0.39 is 0 Å². The molecule has 7 nitrogen and oxygen atoms in total. The second-order valence-corrected chi connectivity index (χ2v) is 12.3. The number of rotatable bonds is 6. The Labute approximate surface area is 242 Å². The number of hydrogen-bond acceptors (Lipinski definition) is 6. The molecule has 2 heterocycles. The summed E-state index contributed by atoms with van der Waals surface area (Å²) in [6.07, 6.45) is 2.40. The van der Waals surface area contributed by atoms with E-state index in [0.717, 1.165) is 59.4 Å². The monoisotopic (exact) mass is 552 g/mol. The van der Waals surface area contributed by atoms with Crippen LogP contribution in [-0.4, -0.2) is 44.6 Å². The summed E-state index contributed by atoms with van der Waals surface area (Å²) in [5.41, 5.74) is 10.0. The van der Waals surface area contributed by atoms with Gasteiger partial charge < -0.3 is 9.47 Å². The van der Waals surface area contributed by atoms with Gasteiger partial charge in [0.1, 0.15) is 16.9 Å². The molecule has 1 aromatic heterocycles. The number of esters is 1. The fourth-order valence-corrected chi connectivity index (χ4v) is 6.82. The summed E-state index contributed by atoms with van der Waals surface area (Å²) in [7, 11) is 1.90. The molecule has 0 saturated carbocycles. The number of carbonyl (C=O) groups excluding carboxylic acids is 1. The van der Waals surface area contributed by atoms with Crippen molar-refractivity contribution in [2.75, 3.05) is 13.2 Å². The van der Waals surface area contributed by atoms with E-state index >= 15 is 0 Å². The highest BCUT2D eigenvalue weighted by molar-refractivity contribution is 5.80. The molecule has 0 spiro atoms. The summed E-state index contributed by atoms with van der Waals surface area (Å²) < 4.78 is 13.8. The van der Waals surface area contributed by atoms with Crippen LogP contribution in [0.5, 0.6) is 5.75 Å². The van der Waals surface area contributed by atoms with Gasteiger partial charge >= 0.3 is 5.97 Å². The van der Waals surface area contributed by atoms with Crippen LogP contribution in [0, 0.1) is 13.8 Å². The van der Waals surface area contributed by atoms with Gasteiger partial charge in [-0.2, -0.15) is 0 Å². The van der Waals surface area contributed by atoms with Crippen molar-refractivity contribution in [1.82, 2.24) is 19.9 Å². The first-order chi connectivity index (χ1) is 19.6. The molecular weight excluding hydrogens is 512 g/mol. The Kier molecular flexibility index (Phi) is 7.10. The molecule has 0 radical (unpaired) electrons. The summed E-state index contributed by atoms with van der Waals surface area (Å²) in [6.45, 7) is 12.5. The Morgan fingerprint density at radius 2 is 1.93 bits per heavy atom. The lowest BCUT2D eigenvalue weighted by Crippen LogP contribution is -2.41. The van der Waals surface area contributed by atoms with Gasteiger partial charge in [0.2, 0.25) is 0 Å². The Morgan fingerprint density at radius 1 is 1.12 bits per heavy atom. The molecule has 0 bridgehead atoms. The van der Waals surface area contributed by atoms with Crippen LogP contribution in [0.25, 0.3) is 11.0 Å². The van der Waals surface area contributed by atoms with E-state index in [2.05, 4.69) is 91.4 Å². The average molecular weight is 553 g/mol. The molecule has 0 fully saturated rings. The van der Waals surface area contributed by atoms with E-state index in [1.807, 2.05) is 14.0 Å². The van der Waals surface area contributed by atoms with Crippen LogP contribution in [-0.2, 0) is 29.5 Å². The van der Waals surface area contributed by atoms with Crippen LogP contribution in [0.15, 0.2) is 48.5 Å². The normalized spacial score (nSPS) is 18.8. The average Bonchev–Trinajstić information content (AvgIpc) is 3.48. The molecule has 0 N–H and O–H groups in total. The zero-order chi connectivity index (χ0) is 28.9. The summed E-state index contributed by atoms with van der Waals surface area (Å²) in [6, 6.07) is 17.9. The number of aromatic nitrogens is 3. The first-order valence-corrected chi connectivity index (χ1v) is 14.7. The molecule has 0 amide bonds. The quantitative estimate of drug-likeness (QED) is 0.260. The summed E-state index contributed by atoms with van der Waals surface area (Å²) in [4.78, 5) is 15.5. The Hall–Kier alpha value is -3.71. The molecule has 1 aliphatic carbocycles. The van der Waals surface area contributed by atoms with Gasteiger partial charge in [0.25, 0.3) is 0 Å². The fraction of sp³-hybridized carbons (Fsp3) is 0.441. The van der Waals surface area contributed by atoms with Crippen LogP contribution >= 0.6 is 0 Å². The summed E-state index contributed by atoms with van der Waals surface area (Å²) in [5.74, 6) is 0.667. The third-order valence-electron chi connectivity index (χ3n) is 8.76. The number of aryl methyl sites for hydroxylation is 4. The minimum atomic E-state index is -0.310. The standard InChI is InChI=1S/C34H40N4O3/c1-7-40-32(39)18-27(26-13-15-30-33(22(26)3)35-36-37(30)6)24-11-10-23-12-14-29(28(23)17-24)38-19-25-9-8-21(2)16-31(25)41-34(4,5)20-38/h8-11,13,15-17,27,29H,7,12,14,18-20H2,1-6H3. The van der Waals surface area contributed by atoms with Crippen molar-refractivity contribution < 1.29 is 14.3 Å². The van der Waals surface area contributed by atoms with Crippen molar-refractivity contribution in [1.29, 1.82) is 0 Å². The van der Waals surface area contributed by atoms with Crippen LogP contribution in [0.2, 0.25) is 0 Å². The number of nitrogens with zero attached hydrogens (tertiary/aromatic N) is 4. The van der Waals surface area contributed by atoms with Crippen molar-refractivity contribution in [2.24, 2.45) is 7.05 Å². The van der Waals surface area contributed by atoms with E-state index in [1.54, 1.807) is 4.68 Å². The predicted molar refractivity (Wildman–Crippen MR) is 160 cm³/mol. The first-order valence-electron chi connectivity index (χ1n) is 14.7. The highest BCUT2D eigenvalue weighted by Crippen LogP contribution is 2.43. The molecule has 214 valence electrons. The molecule has 3 aromatic carbocycles. The maximum Gasteiger partial charge on any atom is 0.306 e. The van der Waals surface area contributed by atoms with Gasteiger partial charge in [-0.15, -0.1) is 5.10 Å². The lowest BCUT2D eigenvalue weighted by molar-refractivity contribution is -0.143. The minimum Gasteiger partial charge on any atom is -0.486 e. The fourth-order valence-electron chi connectivity index (χ4n) is 6.82. The predicted octanol–water partition coefficient (Wildman–Crippen LogP) is 6.33. The molecule has 1 aliphatic heterocycles. The molecule has 6 rings (SSSR count). The Bertz CT molecular complexity index is 1620. The number of carbonyl (C=O) groups is 1. The summed E-state index contributed by atoms with van der Waals surface area (Å²) >= 11 is 0. The minimum absolute atomic E-state index is 0.139. The van der Waals surface area contributed by atoms with Crippen molar-refractivity contribution in [3.05, 3.63) is 87.5 Å². The third-order valence-corrected chi connectivity index (χ3v) is 8.76. The van der Waals surface area contributed by atoms with E-state index in [1.165, 1.54) is 22.3 Å². The van der Waals surface area contributed by atoms with Gasteiger partial charge in [-0.25, -0.2) is 4.68 Å². The van der Waals surface area contributed by atoms with E-state index in [-0.39, 0.29) is 30.0 Å². The van der Waals surface area contributed by atoms with E-state index in [0.29, 0.717) is 6.61 Å². The lowest BCUT2D eigenvalue weighted by Gasteiger charge is -2.34. The lowest BCUT2D eigenvalue weighted by atomic mass is 9.84. The molecule has 4 aromatic rings. The second kappa shape index (κ2) is 10.6. The van der Waals surface area contributed by atoms with Crippen molar-refractivity contribution in [3.63, 3.8) is 0 Å². The van der Waals surface area contributed by atoms with Gasteiger partial charge in [-0.1, -0.05) is 41.6 Å². The maximum atomic E-state index is 12.9. The first kappa shape index (κ1) is 27.5. The van der Waals surface area contributed by atoms with Crippen molar-refractivity contribution >= 4 is 17.0 Å². The highest BCUT2D eigenvalue weighted by atomic mass is 16.5. The number of hydrogen-bond donors (Lipinski definition) is 0. The second-order valence-electron chi connectivity index (χ2n) is 12.3. The van der Waals surface area contributed by atoms with Crippen LogP contribution in [0.4, 0.5) is 0 Å². The van der Waals surface area contributed by atoms with Crippen LogP contribution in [0.3, 0.4) is 0 Å². The van der Waals surface area contributed by atoms with Crippen molar-refractivity contribution in [3.8, 4) is 5.75 Å². The van der Waals surface area contributed by atoms with Gasteiger partial charge in [0, 0.05) is 37.7 Å². The van der Waals surface area contributed by atoms with Gasteiger partial charge in [-0.3, -0.25) is 9.69 Å². The van der Waals surface area contributed by atoms with Crippen LogP contribution < -0.4 is 4.74 Å². The molecule has 7 heteroatoms. The molecular formula is C34H40N4O3. The molecule has 2 aliphatic rings. The third kappa shape index (κ3) is 5.23. The Morgan fingerprint density at radius 3 is 2.73 bits per heavy atom. The molecule has 2 atom stereocenters. The molecule has 41 heavy (non-hydrogen) atoms. The largest absolute Gasteiger partial charge is 0.486 e. The topological polar surface area (TPSA) is 69.5 Å².